The molecule has 1 aliphatic rings. The van der Waals surface area contributed by atoms with Crippen molar-refractivity contribution in [2.45, 2.75) is 56.9 Å². The quantitative estimate of drug-likeness (QED) is 0.500. The molecule has 1 fully saturated rings. The van der Waals surface area contributed by atoms with Crippen LogP contribution in [0.15, 0.2) is 47.4 Å². The fourth-order valence-electron chi connectivity index (χ4n) is 4.24. The van der Waals surface area contributed by atoms with Crippen LogP contribution in [0.4, 0.5) is 0 Å². The van der Waals surface area contributed by atoms with Crippen LogP contribution in [0, 0.1) is 0 Å². The average molecular weight is 489 g/mol. The van der Waals surface area contributed by atoms with Gasteiger partial charge in [0.05, 0.1) is 19.1 Å². The predicted molar refractivity (Wildman–Crippen MR) is 133 cm³/mol. The Labute approximate surface area is 203 Å². The predicted octanol–water partition coefficient (Wildman–Crippen LogP) is 4.25. The van der Waals surface area contributed by atoms with Gasteiger partial charge in [-0.2, -0.15) is 4.31 Å². The van der Waals surface area contributed by atoms with Gasteiger partial charge in [0.15, 0.2) is 11.5 Å². The third-order valence-corrected chi connectivity index (χ3v) is 8.22. The maximum Gasteiger partial charge on any atom is 0.243 e. The molecule has 2 aromatic carbocycles. The summed E-state index contributed by atoms with van der Waals surface area (Å²) in [6, 6.07) is 12.6. The molecule has 1 aliphatic heterocycles. The summed E-state index contributed by atoms with van der Waals surface area (Å²) in [5, 5.41) is 0. The molecule has 2 aromatic rings. The van der Waals surface area contributed by atoms with Crippen molar-refractivity contribution in [1.82, 2.24) is 9.21 Å². The number of hydrogen-bond acceptors (Lipinski definition) is 5. The van der Waals surface area contributed by atoms with Crippen LogP contribution < -0.4 is 9.47 Å². The van der Waals surface area contributed by atoms with E-state index in [0.29, 0.717) is 55.4 Å². The van der Waals surface area contributed by atoms with Gasteiger partial charge in [0.1, 0.15) is 0 Å². The van der Waals surface area contributed by atoms with Gasteiger partial charge >= 0.3 is 0 Å². The van der Waals surface area contributed by atoms with E-state index in [2.05, 4.69) is 0 Å². The van der Waals surface area contributed by atoms with E-state index in [9.17, 15) is 13.2 Å². The molecular weight excluding hydrogens is 452 g/mol. The Morgan fingerprint density at radius 1 is 0.912 bits per heavy atom. The van der Waals surface area contributed by atoms with Gasteiger partial charge in [-0.05, 0) is 61.6 Å². The van der Waals surface area contributed by atoms with E-state index in [1.807, 2.05) is 37.3 Å². The summed E-state index contributed by atoms with van der Waals surface area (Å²) in [7, 11) is -0.272. The van der Waals surface area contributed by atoms with Gasteiger partial charge in [-0.15, -0.1) is 0 Å². The van der Waals surface area contributed by atoms with Gasteiger partial charge in [0.2, 0.25) is 15.9 Å². The van der Waals surface area contributed by atoms with E-state index in [1.54, 1.807) is 35.6 Å². The Kier molecular flexibility index (Phi) is 9.36. The first kappa shape index (κ1) is 26.0. The van der Waals surface area contributed by atoms with E-state index < -0.39 is 10.0 Å². The summed E-state index contributed by atoms with van der Waals surface area (Å²) in [6.07, 6.45) is 4.91. The molecule has 0 spiro atoms. The minimum absolute atomic E-state index is 0.0542. The molecule has 3 rings (SSSR count). The number of rotatable bonds is 10. The molecule has 0 bridgehead atoms. The molecule has 34 heavy (non-hydrogen) atoms. The maximum absolute atomic E-state index is 13.0. The Bertz CT molecular complexity index is 1050. The highest BCUT2D eigenvalue weighted by Crippen LogP contribution is 2.28. The first-order valence-electron chi connectivity index (χ1n) is 12.0. The second-order valence-electron chi connectivity index (χ2n) is 8.56. The van der Waals surface area contributed by atoms with Gasteiger partial charge in [0.25, 0.3) is 0 Å². The molecule has 1 heterocycles. The minimum Gasteiger partial charge on any atom is -0.493 e. The molecule has 0 radical (unpaired) electrons. The Morgan fingerprint density at radius 2 is 1.53 bits per heavy atom. The summed E-state index contributed by atoms with van der Waals surface area (Å²) in [5.74, 6) is 1.35. The van der Waals surface area contributed by atoms with Crippen LogP contribution in [-0.4, -0.2) is 57.4 Å². The van der Waals surface area contributed by atoms with Crippen molar-refractivity contribution < 1.29 is 22.7 Å². The summed E-state index contributed by atoms with van der Waals surface area (Å²) in [6.45, 7) is 4.22. The molecule has 0 N–H and O–H groups in total. The highest BCUT2D eigenvalue weighted by atomic mass is 32.2. The summed E-state index contributed by atoms with van der Waals surface area (Å²) in [5.41, 5.74) is 1.92. The van der Waals surface area contributed by atoms with Gasteiger partial charge < -0.3 is 14.4 Å². The van der Waals surface area contributed by atoms with Crippen molar-refractivity contribution in [3.05, 3.63) is 53.6 Å². The zero-order chi connectivity index (χ0) is 24.6. The van der Waals surface area contributed by atoms with Crippen molar-refractivity contribution in [3.8, 4) is 11.5 Å². The second kappa shape index (κ2) is 12.2. The van der Waals surface area contributed by atoms with E-state index in [1.165, 1.54) is 0 Å². The molecule has 1 amide bonds. The second-order valence-corrected chi connectivity index (χ2v) is 10.5. The number of benzene rings is 2. The molecule has 0 aromatic heterocycles. The van der Waals surface area contributed by atoms with Crippen molar-refractivity contribution in [1.29, 1.82) is 0 Å². The fraction of sp³-hybridized carbons (Fsp3) is 0.500. The molecule has 186 valence electrons. The third-order valence-electron chi connectivity index (χ3n) is 6.31. The summed E-state index contributed by atoms with van der Waals surface area (Å²) >= 11 is 0. The van der Waals surface area contributed by atoms with Crippen molar-refractivity contribution >= 4 is 15.9 Å². The van der Waals surface area contributed by atoms with Crippen LogP contribution in [0.2, 0.25) is 0 Å². The van der Waals surface area contributed by atoms with E-state index >= 15 is 0 Å². The highest BCUT2D eigenvalue weighted by molar-refractivity contribution is 7.89. The number of sulfonamides is 1. The van der Waals surface area contributed by atoms with Gasteiger partial charge in [-0.1, -0.05) is 31.0 Å². The molecule has 0 atom stereocenters. The zero-order valence-electron chi connectivity index (χ0n) is 20.5. The van der Waals surface area contributed by atoms with Gasteiger partial charge in [-0.3, -0.25) is 4.79 Å². The maximum atomic E-state index is 13.0. The van der Waals surface area contributed by atoms with Crippen molar-refractivity contribution in [3.63, 3.8) is 0 Å². The fourth-order valence-corrected chi connectivity index (χ4v) is 5.76. The first-order chi connectivity index (χ1) is 16.4. The van der Waals surface area contributed by atoms with Crippen molar-refractivity contribution in [2.24, 2.45) is 0 Å². The molecule has 7 nitrogen and oxygen atoms in total. The molecule has 0 aliphatic carbocycles. The lowest BCUT2D eigenvalue weighted by Crippen LogP contribution is -2.32. The van der Waals surface area contributed by atoms with E-state index in [4.69, 9.17) is 9.47 Å². The van der Waals surface area contributed by atoms with Crippen LogP contribution in [0.25, 0.3) is 0 Å². The van der Waals surface area contributed by atoms with Crippen molar-refractivity contribution in [2.75, 3.05) is 33.9 Å². The number of methoxy groups -OCH3 is 2. The van der Waals surface area contributed by atoms with Crippen LogP contribution in [0.5, 0.6) is 11.5 Å². The SMILES string of the molecule is CCN(Cc1ccc(OC)c(OC)c1)C(=O)CCc1ccc(S(=O)(=O)N2CCCCCC2)cc1. The van der Waals surface area contributed by atoms with E-state index in [0.717, 1.165) is 36.8 Å². The molecule has 0 saturated carbocycles. The van der Waals surface area contributed by atoms with Gasteiger partial charge in [-0.25, -0.2) is 8.42 Å². The topological polar surface area (TPSA) is 76.1 Å². The molecule has 0 unspecified atom stereocenters. The molecule has 1 saturated heterocycles. The number of ether oxygens (including phenoxy) is 2. The zero-order valence-corrected chi connectivity index (χ0v) is 21.3. The number of carbonyl (C=O) groups is 1. The normalized spacial score (nSPS) is 14.9. The van der Waals surface area contributed by atoms with Crippen LogP contribution in [-0.2, 0) is 27.8 Å². The molecular formula is C26H36N2O5S. The monoisotopic (exact) mass is 488 g/mol. The lowest BCUT2D eigenvalue weighted by Gasteiger charge is -2.22. The highest BCUT2D eigenvalue weighted by Gasteiger charge is 2.25. The van der Waals surface area contributed by atoms with Crippen LogP contribution in [0.1, 0.15) is 50.2 Å². The first-order valence-corrected chi connectivity index (χ1v) is 13.4. The lowest BCUT2D eigenvalue weighted by atomic mass is 10.1. The largest absolute Gasteiger partial charge is 0.493 e. The lowest BCUT2D eigenvalue weighted by molar-refractivity contribution is -0.131. The number of amides is 1. The van der Waals surface area contributed by atoms with Crippen LogP contribution >= 0.6 is 0 Å². The molecule has 8 heteroatoms. The average Bonchev–Trinajstić information content (AvgIpc) is 3.16. The van der Waals surface area contributed by atoms with Gasteiger partial charge in [0, 0.05) is 32.6 Å². The number of aryl methyl sites for hydroxylation is 1. The Balaban J connectivity index is 1.59. The number of nitrogens with zero attached hydrogens (tertiary/aromatic N) is 2. The Morgan fingerprint density at radius 3 is 2.12 bits per heavy atom. The summed E-state index contributed by atoms with van der Waals surface area (Å²) in [4.78, 5) is 15.0. The third kappa shape index (κ3) is 6.51. The number of carbonyl (C=O) groups excluding carboxylic acids is 1. The Hall–Kier alpha value is -2.58. The standard InChI is InChI=1S/C26H36N2O5S/c1-4-27(20-22-11-15-24(32-2)25(19-22)33-3)26(29)16-12-21-9-13-23(14-10-21)34(30,31)28-17-7-5-6-8-18-28/h9-11,13-15,19H,4-8,12,16-18,20H2,1-3H3. The number of hydrogen-bond donors (Lipinski definition) is 0. The van der Waals surface area contributed by atoms with Crippen LogP contribution in [0.3, 0.4) is 0 Å². The van der Waals surface area contributed by atoms with E-state index in [-0.39, 0.29) is 5.91 Å². The summed E-state index contributed by atoms with van der Waals surface area (Å²) < 4.78 is 38.2. The minimum atomic E-state index is -3.46. The smallest absolute Gasteiger partial charge is 0.243 e.